The van der Waals surface area contributed by atoms with E-state index in [-0.39, 0.29) is 24.4 Å². The fourth-order valence-corrected chi connectivity index (χ4v) is 5.01. The zero-order chi connectivity index (χ0) is 20.0. The van der Waals surface area contributed by atoms with Crippen molar-refractivity contribution in [3.8, 4) is 6.07 Å². The first-order chi connectivity index (χ1) is 14.2. The molecular weight excluding hydrogens is 364 g/mol. The third-order valence-corrected chi connectivity index (χ3v) is 6.69. The Morgan fingerprint density at radius 1 is 1.10 bits per heavy atom. The number of fused-ring (bicyclic) bond motifs is 2. The molecule has 1 aliphatic carbocycles. The number of rotatable bonds is 4. The first-order valence-corrected chi connectivity index (χ1v) is 10.4. The van der Waals surface area contributed by atoms with Crippen LogP contribution in [-0.4, -0.2) is 59.9 Å². The summed E-state index contributed by atoms with van der Waals surface area (Å²) in [5.74, 6) is 0.963. The predicted octanol–water partition coefficient (Wildman–Crippen LogP) is 2.01. The van der Waals surface area contributed by atoms with E-state index < -0.39 is 0 Å². The fourth-order valence-electron chi connectivity index (χ4n) is 5.01. The summed E-state index contributed by atoms with van der Waals surface area (Å²) in [5.41, 5.74) is 0.737. The maximum Gasteiger partial charge on any atom is 0.253 e. The molecule has 3 atom stereocenters. The first-order valence-electron chi connectivity index (χ1n) is 10.4. The molecular formula is C23H24N4O2. The molecule has 0 spiro atoms. The van der Waals surface area contributed by atoms with Crippen molar-refractivity contribution in [1.82, 2.24) is 15.1 Å². The number of hydrogen-bond acceptors (Lipinski definition) is 4. The van der Waals surface area contributed by atoms with Gasteiger partial charge in [-0.1, -0.05) is 30.3 Å². The summed E-state index contributed by atoms with van der Waals surface area (Å²) in [6.45, 7) is 2.46. The summed E-state index contributed by atoms with van der Waals surface area (Å²) in [4.78, 5) is 28.9. The van der Waals surface area contributed by atoms with Gasteiger partial charge in [0.1, 0.15) is 6.04 Å². The van der Waals surface area contributed by atoms with Crippen molar-refractivity contribution < 1.29 is 9.59 Å². The first kappa shape index (κ1) is 18.1. The summed E-state index contributed by atoms with van der Waals surface area (Å²) in [6, 6.07) is 16.2. The molecule has 6 nitrogen and oxygen atoms in total. The van der Waals surface area contributed by atoms with Gasteiger partial charge in [0.25, 0.3) is 5.91 Å². The summed E-state index contributed by atoms with van der Waals surface area (Å²) < 4.78 is 0. The number of benzene rings is 2. The molecule has 2 amide bonds. The molecule has 2 aromatic carbocycles. The molecule has 0 bridgehead atoms. The standard InChI is InChI=1S/C23H24N4O2/c24-11-18-6-3-9-27(18)21(28)12-25-22-19-13-26(14-20(19)22)23(29)17-8-7-15-4-1-2-5-16(15)10-17/h1-2,4-5,7-8,10,18-20,22,25H,3,6,9,12-14H2/t18-,19?,20?,22?/m0/s1. The van der Waals surface area contributed by atoms with Crippen LogP contribution in [0.4, 0.5) is 0 Å². The van der Waals surface area contributed by atoms with E-state index in [4.69, 9.17) is 5.26 Å². The average Bonchev–Trinajstić information content (AvgIpc) is 3.12. The van der Waals surface area contributed by atoms with Gasteiger partial charge in [-0.2, -0.15) is 5.26 Å². The zero-order valence-electron chi connectivity index (χ0n) is 16.3. The Hall–Kier alpha value is -2.91. The fraction of sp³-hybridized carbons (Fsp3) is 0.435. The highest BCUT2D eigenvalue weighted by Crippen LogP contribution is 2.45. The number of carbonyl (C=O) groups excluding carboxylic acids is 2. The van der Waals surface area contributed by atoms with Crippen LogP contribution in [0.15, 0.2) is 42.5 Å². The normalized spacial score (nSPS) is 27.7. The molecule has 3 fully saturated rings. The van der Waals surface area contributed by atoms with Gasteiger partial charge in [-0.15, -0.1) is 0 Å². The Morgan fingerprint density at radius 3 is 2.62 bits per heavy atom. The van der Waals surface area contributed by atoms with Gasteiger partial charge in [-0.3, -0.25) is 9.59 Å². The van der Waals surface area contributed by atoms with Crippen LogP contribution in [0.1, 0.15) is 23.2 Å². The number of nitrogens with zero attached hydrogens (tertiary/aromatic N) is 3. The highest BCUT2D eigenvalue weighted by molar-refractivity contribution is 5.98. The van der Waals surface area contributed by atoms with Gasteiger partial charge < -0.3 is 15.1 Å². The van der Waals surface area contributed by atoms with Crippen LogP contribution in [-0.2, 0) is 4.79 Å². The van der Waals surface area contributed by atoms with Crippen LogP contribution in [0.3, 0.4) is 0 Å². The molecule has 0 radical (unpaired) electrons. The van der Waals surface area contributed by atoms with E-state index in [1.165, 1.54) is 0 Å². The SMILES string of the molecule is N#C[C@@H]1CCCN1C(=O)CNC1C2CN(C(=O)c3ccc4ccccc4c3)CC21. The van der Waals surface area contributed by atoms with Gasteiger partial charge in [-0.25, -0.2) is 0 Å². The Kier molecular flexibility index (Phi) is 4.48. The third kappa shape index (κ3) is 3.26. The van der Waals surface area contributed by atoms with Crippen LogP contribution in [0.2, 0.25) is 0 Å². The molecule has 148 valence electrons. The molecule has 6 heteroatoms. The van der Waals surface area contributed by atoms with Crippen LogP contribution in [0, 0.1) is 23.2 Å². The van der Waals surface area contributed by atoms with E-state index in [1.54, 1.807) is 4.90 Å². The zero-order valence-corrected chi connectivity index (χ0v) is 16.3. The van der Waals surface area contributed by atoms with Crippen molar-refractivity contribution in [3.63, 3.8) is 0 Å². The summed E-state index contributed by atoms with van der Waals surface area (Å²) in [6.07, 6.45) is 1.69. The van der Waals surface area contributed by atoms with Crippen molar-refractivity contribution >= 4 is 22.6 Å². The smallest absolute Gasteiger partial charge is 0.253 e. The second-order valence-corrected chi connectivity index (χ2v) is 8.38. The van der Waals surface area contributed by atoms with E-state index >= 15 is 0 Å². The molecule has 2 heterocycles. The highest BCUT2D eigenvalue weighted by Gasteiger charge is 2.56. The molecule has 0 aromatic heterocycles. The Labute approximate surface area is 170 Å². The number of hydrogen-bond donors (Lipinski definition) is 1. The van der Waals surface area contributed by atoms with Gasteiger partial charge in [0.05, 0.1) is 12.6 Å². The molecule has 2 saturated heterocycles. The lowest BCUT2D eigenvalue weighted by Gasteiger charge is -2.22. The number of amides is 2. The summed E-state index contributed by atoms with van der Waals surface area (Å²) in [5, 5.41) is 14.7. The lowest BCUT2D eigenvalue weighted by Crippen LogP contribution is -2.43. The van der Waals surface area contributed by atoms with E-state index in [2.05, 4.69) is 11.4 Å². The quantitative estimate of drug-likeness (QED) is 0.869. The lowest BCUT2D eigenvalue weighted by molar-refractivity contribution is -0.130. The van der Waals surface area contributed by atoms with Crippen molar-refractivity contribution in [3.05, 3.63) is 48.0 Å². The van der Waals surface area contributed by atoms with Gasteiger partial charge in [0.15, 0.2) is 0 Å². The number of nitriles is 1. The Morgan fingerprint density at radius 2 is 1.86 bits per heavy atom. The minimum atomic E-state index is -0.266. The van der Waals surface area contributed by atoms with Crippen LogP contribution >= 0.6 is 0 Å². The maximum atomic E-state index is 12.9. The molecule has 1 saturated carbocycles. The molecule has 5 rings (SSSR count). The third-order valence-electron chi connectivity index (χ3n) is 6.69. The second-order valence-electron chi connectivity index (χ2n) is 8.38. The molecule has 29 heavy (non-hydrogen) atoms. The number of carbonyl (C=O) groups is 2. The Balaban J connectivity index is 1.14. The minimum Gasteiger partial charge on any atom is -0.338 e. The summed E-state index contributed by atoms with van der Waals surface area (Å²) in [7, 11) is 0. The monoisotopic (exact) mass is 388 g/mol. The second kappa shape index (κ2) is 7.16. The highest BCUT2D eigenvalue weighted by atomic mass is 16.2. The van der Waals surface area contributed by atoms with E-state index in [9.17, 15) is 9.59 Å². The van der Waals surface area contributed by atoms with Crippen molar-refractivity contribution in [1.29, 1.82) is 5.26 Å². The topological polar surface area (TPSA) is 76.4 Å². The minimum absolute atomic E-state index is 0.0168. The van der Waals surface area contributed by atoms with Gasteiger partial charge in [0, 0.05) is 31.2 Å². The number of likely N-dealkylation sites (tertiary alicyclic amines) is 2. The largest absolute Gasteiger partial charge is 0.338 e. The van der Waals surface area contributed by atoms with Crippen molar-refractivity contribution in [2.75, 3.05) is 26.2 Å². The van der Waals surface area contributed by atoms with E-state index in [0.717, 1.165) is 42.3 Å². The molecule has 1 N–H and O–H groups in total. The van der Waals surface area contributed by atoms with Gasteiger partial charge in [0.2, 0.25) is 5.91 Å². The molecule has 3 aliphatic rings. The number of piperidine rings is 1. The lowest BCUT2D eigenvalue weighted by atomic mass is 10.1. The predicted molar refractivity (Wildman–Crippen MR) is 109 cm³/mol. The average molecular weight is 388 g/mol. The van der Waals surface area contributed by atoms with E-state index in [0.29, 0.717) is 24.4 Å². The number of nitrogens with one attached hydrogen (secondary N) is 1. The molecule has 2 unspecified atom stereocenters. The van der Waals surface area contributed by atoms with Gasteiger partial charge in [-0.05, 0) is 47.6 Å². The Bertz CT molecular complexity index is 1000. The van der Waals surface area contributed by atoms with Crippen molar-refractivity contribution in [2.24, 2.45) is 11.8 Å². The molecule has 2 aromatic rings. The summed E-state index contributed by atoms with van der Waals surface area (Å²) >= 11 is 0. The van der Waals surface area contributed by atoms with Crippen molar-refractivity contribution in [2.45, 2.75) is 24.9 Å². The van der Waals surface area contributed by atoms with Crippen LogP contribution in [0.5, 0.6) is 0 Å². The van der Waals surface area contributed by atoms with Crippen LogP contribution < -0.4 is 5.32 Å². The molecule has 2 aliphatic heterocycles. The maximum absolute atomic E-state index is 12.9. The van der Waals surface area contributed by atoms with E-state index in [1.807, 2.05) is 47.4 Å². The van der Waals surface area contributed by atoms with Gasteiger partial charge >= 0.3 is 0 Å². The van der Waals surface area contributed by atoms with Crippen LogP contribution in [0.25, 0.3) is 10.8 Å².